The summed E-state index contributed by atoms with van der Waals surface area (Å²) >= 11 is 3.47. The van der Waals surface area contributed by atoms with Gasteiger partial charge >= 0.3 is 6.09 Å². The van der Waals surface area contributed by atoms with Gasteiger partial charge in [0.1, 0.15) is 0 Å². The highest BCUT2D eigenvalue weighted by atomic mass is 79.9. The SMILES string of the molecule is O=C(O)N1CCC(CN[C@@H]2C[C@H]2c2ccc(Br)cc2)CC1. The maximum atomic E-state index is 10.9. The van der Waals surface area contributed by atoms with Crippen LogP contribution in [0.3, 0.4) is 0 Å². The molecule has 0 aromatic heterocycles. The number of amides is 1. The van der Waals surface area contributed by atoms with Crippen LogP contribution in [0.25, 0.3) is 0 Å². The van der Waals surface area contributed by atoms with E-state index < -0.39 is 6.09 Å². The molecule has 1 saturated carbocycles. The van der Waals surface area contributed by atoms with E-state index in [1.54, 1.807) is 0 Å². The average Bonchev–Trinajstić information content (AvgIpc) is 3.26. The van der Waals surface area contributed by atoms with E-state index in [0.717, 1.165) is 23.9 Å². The van der Waals surface area contributed by atoms with E-state index in [2.05, 4.69) is 45.5 Å². The van der Waals surface area contributed by atoms with Crippen molar-refractivity contribution < 1.29 is 9.90 Å². The molecule has 0 unspecified atom stereocenters. The molecule has 0 radical (unpaired) electrons. The minimum absolute atomic E-state index is 0.601. The number of carbonyl (C=O) groups is 1. The fraction of sp³-hybridized carbons (Fsp3) is 0.562. The first kappa shape index (κ1) is 14.9. The lowest BCUT2D eigenvalue weighted by molar-refractivity contribution is 0.124. The third-order valence-electron chi connectivity index (χ3n) is 4.64. The number of likely N-dealkylation sites (tertiary alicyclic amines) is 1. The first-order valence-electron chi connectivity index (χ1n) is 7.60. The van der Waals surface area contributed by atoms with Gasteiger partial charge in [0, 0.05) is 29.5 Å². The number of nitrogens with zero attached hydrogens (tertiary/aromatic N) is 1. The van der Waals surface area contributed by atoms with Crippen molar-refractivity contribution in [3.05, 3.63) is 34.3 Å². The van der Waals surface area contributed by atoms with Crippen LogP contribution in [0.1, 0.15) is 30.7 Å². The molecule has 2 aliphatic rings. The molecule has 1 aromatic rings. The molecule has 1 aliphatic carbocycles. The monoisotopic (exact) mass is 352 g/mol. The smallest absolute Gasteiger partial charge is 0.407 e. The Morgan fingerprint density at radius 2 is 1.95 bits per heavy atom. The van der Waals surface area contributed by atoms with Gasteiger partial charge in [0.15, 0.2) is 0 Å². The van der Waals surface area contributed by atoms with E-state index in [1.165, 1.54) is 16.9 Å². The Labute approximate surface area is 133 Å². The molecule has 4 nitrogen and oxygen atoms in total. The van der Waals surface area contributed by atoms with Gasteiger partial charge in [0.05, 0.1) is 0 Å². The predicted octanol–water partition coefficient (Wildman–Crippen LogP) is 3.28. The molecule has 1 heterocycles. The zero-order valence-electron chi connectivity index (χ0n) is 12.0. The topological polar surface area (TPSA) is 52.6 Å². The van der Waals surface area contributed by atoms with Crippen molar-refractivity contribution in [3.8, 4) is 0 Å². The second-order valence-corrected chi connectivity index (χ2v) is 7.04. The lowest BCUT2D eigenvalue weighted by Gasteiger charge is -2.30. The summed E-state index contributed by atoms with van der Waals surface area (Å²) in [5.74, 6) is 1.27. The van der Waals surface area contributed by atoms with Gasteiger partial charge < -0.3 is 15.3 Å². The number of carboxylic acid groups (broad SMARTS) is 1. The largest absolute Gasteiger partial charge is 0.465 e. The van der Waals surface area contributed by atoms with Crippen LogP contribution in [0.2, 0.25) is 0 Å². The standard InChI is InChI=1S/C16H21BrN2O2/c17-13-3-1-12(2-4-13)14-9-15(14)18-10-11-5-7-19(8-6-11)16(20)21/h1-4,11,14-15,18H,5-10H2,(H,20,21)/t14-,15+/m0/s1. The summed E-state index contributed by atoms with van der Waals surface area (Å²) in [6.07, 6.45) is 2.40. The van der Waals surface area contributed by atoms with Gasteiger partial charge in [-0.15, -0.1) is 0 Å². The first-order valence-corrected chi connectivity index (χ1v) is 8.39. The van der Waals surface area contributed by atoms with Gasteiger partial charge in [-0.2, -0.15) is 0 Å². The Kier molecular flexibility index (Phi) is 4.50. The van der Waals surface area contributed by atoms with Crippen molar-refractivity contribution in [2.45, 2.75) is 31.2 Å². The summed E-state index contributed by atoms with van der Waals surface area (Å²) in [4.78, 5) is 12.4. The zero-order chi connectivity index (χ0) is 14.8. The number of nitrogens with one attached hydrogen (secondary N) is 1. The number of hydrogen-bond donors (Lipinski definition) is 2. The van der Waals surface area contributed by atoms with Crippen LogP contribution in [0.15, 0.2) is 28.7 Å². The van der Waals surface area contributed by atoms with Crippen molar-refractivity contribution in [1.29, 1.82) is 0 Å². The Balaban J connectivity index is 1.40. The molecule has 5 heteroatoms. The van der Waals surface area contributed by atoms with Crippen LogP contribution in [0.4, 0.5) is 4.79 Å². The molecule has 21 heavy (non-hydrogen) atoms. The fourth-order valence-electron chi connectivity index (χ4n) is 3.15. The summed E-state index contributed by atoms with van der Waals surface area (Å²) in [7, 11) is 0. The zero-order valence-corrected chi connectivity index (χ0v) is 13.6. The Morgan fingerprint density at radius 3 is 2.57 bits per heavy atom. The van der Waals surface area contributed by atoms with E-state index in [4.69, 9.17) is 5.11 Å². The van der Waals surface area contributed by atoms with E-state index in [1.807, 2.05) is 0 Å². The van der Waals surface area contributed by atoms with Crippen LogP contribution in [0.5, 0.6) is 0 Å². The molecular weight excluding hydrogens is 332 g/mol. The minimum Gasteiger partial charge on any atom is -0.465 e. The van der Waals surface area contributed by atoms with Crippen molar-refractivity contribution in [3.63, 3.8) is 0 Å². The molecule has 2 N–H and O–H groups in total. The van der Waals surface area contributed by atoms with E-state index in [0.29, 0.717) is 31.0 Å². The minimum atomic E-state index is -0.779. The van der Waals surface area contributed by atoms with Crippen LogP contribution >= 0.6 is 15.9 Å². The second-order valence-electron chi connectivity index (χ2n) is 6.12. The van der Waals surface area contributed by atoms with E-state index in [-0.39, 0.29) is 0 Å². The molecule has 1 aliphatic heterocycles. The lowest BCUT2D eigenvalue weighted by atomic mass is 9.97. The predicted molar refractivity (Wildman–Crippen MR) is 85.6 cm³/mol. The van der Waals surface area contributed by atoms with Crippen LogP contribution in [-0.4, -0.2) is 41.8 Å². The van der Waals surface area contributed by atoms with Gasteiger partial charge in [-0.25, -0.2) is 4.79 Å². The molecule has 2 atom stereocenters. The number of hydrogen-bond acceptors (Lipinski definition) is 2. The third-order valence-corrected chi connectivity index (χ3v) is 5.17. The second kappa shape index (κ2) is 6.36. The van der Waals surface area contributed by atoms with Crippen LogP contribution < -0.4 is 5.32 Å². The summed E-state index contributed by atoms with van der Waals surface area (Å²) < 4.78 is 1.13. The molecular formula is C16H21BrN2O2. The van der Waals surface area contributed by atoms with Crippen molar-refractivity contribution in [2.75, 3.05) is 19.6 Å². The number of piperidine rings is 1. The van der Waals surface area contributed by atoms with Gasteiger partial charge in [0.25, 0.3) is 0 Å². The maximum Gasteiger partial charge on any atom is 0.407 e. The molecule has 3 rings (SSSR count). The number of halogens is 1. The number of rotatable bonds is 4. The van der Waals surface area contributed by atoms with E-state index in [9.17, 15) is 4.79 Å². The van der Waals surface area contributed by atoms with Crippen LogP contribution in [0, 0.1) is 5.92 Å². The van der Waals surface area contributed by atoms with Gasteiger partial charge in [-0.3, -0.25) is 0 Å². The molecule has 1 aromatic carbocycles. The lowest BCUT2D eigenvalue weighted by Crippen LogP contribution is -2.40. The first-order chi connectivity index (χ1) is 10.1. The molecule has 114 valence electrons. The summed E-state index contributed by atoms with van der Waals surface area (Å²) in [5.41, 5.74) is 1.41. The highest BCUT2D eigenvalue weighted by Crippen LogP contribution is 2.41. The van der Waals surface area contributed by atoms with Crippen molar-refractivity contribution in [2.24, 2.45) is 5.92 Å². The number of benzene rings is 1. The van der Waals surface area contributed by atoms with Gasteiger partial charge in [0.2, 0.25) is 0 Å². The normalized spacial score (nSPS) is 25.9. The quantitative estimate of drug-likeness (QED) is 0.874. The summed E-state index contributed by atoms with van der Waals surface area (Å²) in [5, 5.41) is 12.6. The van der Waals surface area contributed by atoms with E-state index >= 15 is 0 Å². The molecule has 2 fully saturated rings. The van der Waals surface area contributed by atoms with Crippen molar-refractivity contribution in [1.82, 2.24) is 10.2 Å². The van der Waals surface area contributed by atoms with Gasteiger partial charge in [-0.05, 0) is 49.4 Å². The summed E-state index contributed by atoms with van der Waals surface area (Å²) in [6, 6.07) is 9.20. The molecule has 1 saturated heterocycles. The third kappa shape index (κ3) is 3.77. The Morgan fingerprint density at radius 1 is 1.29 bits per heavy atom. The summed E-state index contributed by atoms with van der Waals surface area (Å²) in [6.45, 7) is 2.39. The van der Waals surface area contributed by atoms with Crippen molar-refractivity contribution >= 4 is 22.0 Å². The van der Waals surface area contributed by atoms with Crippen LogP contribution in [-0.2, 0) is 0 Å². The molecule has 1 amide bonds. The maximum absolute atomic E-state index is 10.9. The molecule has 0 spiro atoms. The average molecular weight is 353 g/mol. The Hall–Kier alpha value is -1.07. The highest BCUT2D eigenvalue weighted by molar-refractivity contribution is 9.10. The molecule has 0 bridgehead atoms. The highest BCUT2D eigenvalue weighted by Gasteiger charge is 2.38. The Bertz CT molecular complexity index is 498. The fourth-order valence-corrected chi connectivity index (χ4v) is 3.41. The van der Waals surface area contributed by atoms with Gasteiger partial charge in [-0.1, -0.05) is 28.1 Å².